The predicted octanol–water partition coefficient (Wildman–Crippen LogP) is 4.54. The minimum absolute atomic E-state index is 0.216. The van der Waals surface area contributed by atoms with Crippen LogP contribution in [0.15, 0.2) is 57.9 Å². The molecule has 1 fully saturated rings. The van der Waals surface area contributed by atoms with E-state index in [9.17, 15) is 18.0 Å². The number of hydrogen-bond acceptors (Lipinski definition) is 5. The summed E-state index contributed by atoms with van der Waals surface area (Å²) in [6.45, 7) is 5.88. The molecule has 0 saturated carbocycles. The molecule has 32 heavy (non-hydrogen) atoms. The molecule has 3 aromatic rings. The van der Waals surface area contributed by atoms with E-state index in [2.05, 4.69) is 10.2 Å². The summed E-state index contributed by atoms with van der Waals surface area (Å²) < 4.78 is 49.7. The lowest BCUT2D eigenvalue weighted by Crippen LogP contribution is -2.43. The van der Waals surface area contributed by atoms with Crippen LogP contribution in [0.1, 0.15) is 18.4 Å². The Kier molecular flexibility index (Phi) is 6.81. The van der Waals surface area contributed by atoms with Gasteiger partial charge in [0.25, 0.3) is 0 Å². The summed E-state index contributed by atoms with van der Waals surface area (Å²) in [5.41, 5.74) is -0.0926. The van der Waals surface area contributed by atoms with Crippen molar-refractivity contribution in [2.24, 2.45) is 0 Å². The van der Waals surface area contributed by atoms with Crippen LogP contribution in [-0.2, 0) is 6.18 Å². The number of halogens is 3. The van der Waals surface area contributed by atoms with E-state index in [0.29, 0.717) is 28.9 Å². The van der Waals surface area contributed by atoms with Crippen molar-refractivity contribution >= 4 is 11.0 Å². The van der Waals surface area contributed by atoms with Crippen molar-refractivity contribution in [1.29, 1.82) is 0 Å². The van der Waals surface area contributed by atoms with E-state index in [-0.39, 0.29) is 11.0 Å². The Hall–Kier alpha value is -2.84. The Bertz CT molecular complexity index is 1100. The molecule has 4 rings (SSSR count). The minimum Gasteiger partial charge on any atom is -0.493 e. The normalized spacial score (nSPS) is 15.2. The molecule has 0 bridgehead atoms. The van der Waals surface area contributed by atoms with E-state index in [1.54, 1.807) is 18.2 Å². The van der Waals surface area contributed by atoms with Gasteiger partial charge in [-0.05, 0) is 49.2 Å². The van der Waals surface area contributed by atoms with Gasteiger partial charge in [-0.25, -0.2) is 0 Å². The van der Waals surface area contributed by atoms with Crippen LogP contribution in [0.5, 0.6) is 5.75 Å². The van der Waals surface area contributed by atoms with Crippen molar-refractivity contribution in [2.75, 3.05) is 39.3 Å². The maximum atomic E-state index is 12.8. The van der Waals surface area contributed by atoms with Gasteiger partial charge in [-0.3, -0.25) is 4.79 Å². The number of unbranched alkanes of at least 4 members (excludes halogenated alkanes) is 1. The van der Waals surface area contributed by atoms with Crippen LogP contribution in [0.3, 0.4) is 0 Å². The molecule has 1 aromatic heterocycles. The van der Waals surface area contributed by atoms with Gasteiger partial charge in [0, 0.05) is 32.2 Å². The minimum atomic E-state index is -4.42. The molecule has 0 atom stereocenters. The zero-order valence-electron chi connectivity index (χ0n) is 17.6. The van der Waals surface area contributed by atoms with Crippen LogP contribution in [0.2, 0.25) is 0 Å². The number of rotatable bonds is 7. The molecule has 1 aliphatic rings. The van der Waals surface area contributed by atoms with Gasteiger partial charge in [0.2, 0.25) is 0 Å². The highest BCUT2D eigenvalue weighted by Gasteiger charge is 2.30. The Morgan fingerprint density at radius 1 is 1.03 bits per heavy atom. The highest BCUT2D eigenvalue weighted by Crippen LogP contribution is 2.31. The zero-order valence-corrected chi connectivity index (χ0v) is 17.6. The van der Waals surface area contributed by atoms with E-state index in [0.717, 1.165) is 57.7 Å². The summed E-state index contributed by atoms with van der Waals surface area (Å²) in [4.78, 5) is 15.3. The highest BCUT2D eigenvalue weighted by molar-refractivity contribution is 5.82. The van der Waals surface area contributed by atoms with Crippen molar-refractivity contribution in [1.82, 2.24) is 10.2 Å². The monoisotopic (exact) mass is 446 g/mol. The van der Waals surface area contributed by atoms with Gasteiger partial charge in [-0.1, -0.05) is 12.1 Å². The van der Waals surface area contributed by atoms with Gasteiger partial charge in [0.1, 0.15) is 17.6 Å². The number of nitrogens with zero attached hydrogens (tertiary/aromatic N) is 1. The fourth-order valence-corrected chi connectivity index (χ4v) is 3.80. The largest absolute Gasteiger partial charge is 0.493 e. The maximum Gasteiger partial charge on any atom is 0.416 e. The first-order valence-corrected chi connectivity index (χ1v) is 10.7. The van der Waals surface area contributed by atoms with Crippen LogP contribution in [-0.4, -0.2) is 44.2 Å². The molecule has 0 unspecified atom stereocenters. The third-order valence-electron chi connectivity index (χ3n) is 5.62. The van der Waals surface area contributed by atoms with Crippen LogP contribution in [0.25, 0.3) is 22.1 Å². The summed E-state index contributed by atoms with van der Waals surface area (Å²) >= 11 is 0. The Morgan fingerprint density at radius 2 is 1.78 bits per heavy atom. The van der Waals surface area contributed by atoms with Crippen molar-refractivity contribution in [3.05, 3.63) is 64.5 Å². The topological polar surface area (TPSA) is 54.7 Å². The number of fused-ring (bicyclic) bond motifs is 1. The summed E-state index contributed by atoms with van der Waals surface area (Å²) in [5.74, 6) is 0.616. The molecule has 1 aliphatic heterocycles. The van der Waals surface area contributed by atoms with E-state index in [4.69, 9.17) is 9.15 Å². The fourth-order valence-electron chi connectivity index (χ4n) is 3.80. The lowest BCUT2D eigenvalue weighted by atomic mass is 10.0. The molecule has 1 saturated heterocycles. The number of ether oxygens (including phenoxy) is 1. The molecule has 0 amide bonds. The summed E-state index contributed by atoms with van der Waals surface area (Å²) in [7, 11) is 0. The third-order valence-corrected chi connectivity index (χ3v) is 5.62. The average molecular weight is 446 g/mol. The quantitative estimate of drug-likeness (QED) is 0.540. The zero-order chi connectivity index (χ0) is 22.6. The molecule has 0 aliphatic carbocycles. The van der Waals surface area contributed by atoms with Gasteiger partial charge in [0.15, 0.2) is 5.43 Å². The van der Waals surface area contributed by atoms with Crippen molar-refractivity contribution in [3.63, 3.8) is 0 Å². The standard InChI is InChI=1S/C24H25F3N2O3/c25-24(26,27)18-5-3-17(4-6-18)21-16-32-22-15-19(7-8-20(22)23(21)30)31-14-2-1-11-29-12-9-28-10-13-29/h3-8,15-16,28H,1-2,9-14H2. The molecular weight excluding hydrogens is 421 g/mol. The molecule has 5 nitrogen and oxygen atoms in total. The number of nitrogens with one attached hydrogen (secondary N) is 1. The molecule has 1 N–H and O–H groups in total. The van der Waals surface area contributed by atoms with E-state index in [1.807, 2.05) is 0 Å². The lowest BCUT2D eigenvalue weighted by molar-refractivity contribution is -0.137. The first-order valence-electron chi connectivity index (χ1n) is 10.7. The lowest BCUT2D eigenvalue weighted by Gasteiger charge is -2.26. The maximum absolute atomic E-state index is 12.8. The van der Waals surface area contributed by atoms with Crippen LogP contribution in [0.4, 0.5) is 13.2 Å². The second kappa shape index (κ2) is 9.75. The van der Waals surface area contributed by atoms with Gasteiger partial charge in [-0.15, -0.1) is 0 Å². The second-order valence-corrected chi connectivity index (χ2v) is 7.86. The summed E-state index contributed by atoms with van der Waals surface area (Å²) in [6.07, 6.45) is -1.16. The van der Waals surface area contributed by atoms with Crippen LogP contribution >= 0.6 is 0 Å². The van der Waals surface area contributed by atoms with Gasteiger partial charge < -0.3 is 19.4 Å². The van der Waals surface area contributed by atoms with Gasteiger partial charge in [0.05, 0.1) is 23.1 Å². The molecule has 170 valence electrons. The molecule has 0 spiro atoms. The van der Waals surface area contributed by atoms with Gasteiger partial charge in [-0.2, -0.15) is 13.2 Å². The first kappa shape index (κ1) is 22.4. The number of piperazine rings is 1. The Labute approximate surface area is 183 Å². The molecule has 2 aromatic carbocycles. The molecule has 8 heteroatoms. The van der Waals surface area contributed by atoms with Crippen LogP contribution < -0.4 is 15.5 Å². The van der Waals surface area contributed by atoms with E-state index < -0.39 is 11.7 Å². The molecule has 0 radical (unpaired) electrons. The second-order valence-electron chi connectivity index (χ2n) is 7.86. The van der Waals surface area contributed by atoms with Crippen molar-refractivity contribution < 1.29 is 22.3 Å². The molecule has 2 heterocycles. The predicted molar refractivity (Wildman–Crippen MR) is 117 cm³/mol. The SMILES string of the molecule is O=c1c(-c2ccc(C(F)(F)F)cc2)coc2cc(OCCCCN3CCNCC3)ccc12. The van der Waals surface area contributed by atoms with Gasteiger partial charge >= 0.3 is 6.18 Å². The number of alkyl halides is 3. The summed E-state index contributed by atoms with van der Waals surface area (Å²) in [6, 6.07) is 9.48. The number of hydrogen-bond donors (Lipinski definition) is 1. The summed E-state index contributed by atoms with van der Waals surface area (Å²) in [5, 5.41) is 3.69. The highest BCUT2D eigenvalue weighted by atomic mass is 19.4. The fraction of sp³-hybridized carbons (Fsp3) is 0.375. The van der Waals surface area contributed by atoms with Crippen LogP contribution in [0, 0.1) is 0 Å². The van der Waals surface area contributed by atoms with E-state index >= 15 is 0 Å². The van der Waals surface area contributed by atoms with Crippen molar-refractivity contribution in [2.45, 2.75) is 19.0 Å². The third kappa shape index (κ3) is 5.31. The first-order chi connectivity index (χ1) is 15.4. The number of benzene rings is 2. The Balaban J connectivity index is 1.39. The van der Waals surface area contributed by atoms with Crippen molar-refractivity contribution in [3.8, 4) is 16.9 Å². The smallest absolute Gasteiger partial charge is 0.416 e. The average Bonchev–Trinajstić information content (AvgIpc) is 2.79. The molecular formula is C24H25F3N2O3. The van der Waals surface area contributed by atoms with E-state index in [1.165, 1.54) is 18.4 Å². The Morgan fingerprint density at radius 3 is 2.50 bits per heavy atom.